The highest BCUT2D eigenvalue weighted by Gasteiger charge is 2.39. The molecule has 0 saturated heterocycles. The van der Waals surface area contributed by atoms with Gasteiger partial charge in [0, 0.05) is 22.8 Å². The number of hydrogen-bond donors (Lipinski definition) is 2. The predicted octanol–water partition coefficient (Wildman–Crippen LogP) is 2.20. The molecule has 15 heteroatoms. The van der Waals surface area contributed by atoms with Crippen molar-refractivity contribution < 1.29 is 23.1 Å². The van der Waals surface area contributed by atoms with Crippen molar-refractivity contribution in [3.8, 4) is 17.1 Å². The summed E-state index contributed by atoms with van der Waals surface area (Å²) >= 11 is 5.91. The summed E-state index contributed by atoms with van der Waals surface area (Å²) in [6.07, 6.45) is -1.64. The van der Waals surface area contributed by atoms with Crippen molar-refractivity contribution in [1.29, 1.82) is 0 Å². The van der Waals surface area contributed by atoms with Crippen LogP contribution in [0.1, 0.15) is 29.0 Å². The normalized spacial score (nSPS) is 14.4. The smallest absolute Gasteiger partial charge is 0.382 e. The number of pyridine rings is 1. The molecule has 11 nitrogen and oxygen atoms in total. The van der Waals surface area contributed by atoms with Crippen LogP contribution in [0.2, 0.25) is 5.02 Å². The first-order valence-corrected chi connectivity index (χ1v) is 11.8. The van der Waals surface area contributed by atoms with E-state index >= 15 is 0 Å². The second-order valence-electron chi connectivity index (χ2n) is 8.68. The summed E-state index contributed by atoms with van der Waals surface area (Å²) in [5, 5.41) is 21.4. The number of carbonyl (C=O) groups excluding carboxylic acids is 1. The molecular weight excluding hydrogens is 529 g/mol. The molecule has 0 unspecified atom stereocenters. The van der Waals surface area contributed by atoms with Gasteiger partial charge in [0.1, 0.15) is 12.9 Å². The molecule has 38 heavy (non-hydrogen) atoms. The van der Waals surface area contributed by atoms with Crippen LogP contribution in [0, 0.1) is 0 Å². The van der Waals surface area contributed by atoms with Gasteiger partial charge in [0.2, 0.25) is 0 Å². The van der Waals surface area contributed by atoms with Crippen LogP contribution in [-0.4, -0.2) is 63.4 Å². The van der Waals surface area contributed by atoms with Gasteiger partial charge in [0.15, 0.2) is 17.8 Å². The highest BCUT2D eigenvalue weighted by atomic mass is 35.5. The molecule has 1 saturated carbocycles. The molecule has 2 N–H and O–H groups in total. The summed E-state index contributed by atoms with van der Waals surface area (Å²) in [6, 6.07) is 7.67. The molecule has 0 radical (unpaired) electrons. The van der Waals surface area contributed by atoms with Gasteiger partial charge < -0.3 is 10.4 Å². The molecule has 1 atom stereocenters. The van der Waals surface area contributed by atoms with Crippen molar-refractivity contribution >= 4 is 17.5 Å². The number of hydrogen-bond acceptors (Lipinski definition) is 7. The van der Waals surface area contributed by atoms with Crippen LogP contribution in [0.3, 0.4) is 0 Å². The highest BCUT2D eigenvalue weighted by Crippen LogP contribution is 2.24. The Labute approximate surface area is 217 Å². The fourth-order valence-corrected chi connectivity index (χ4v) is 3.79. The number of amides is 1. The summed E-state index contributed by atoms with van der Waals surface area (Å²) in [7, 11) is 0. The molecule has 0 spiro atoms. The zero-order valence-electron chi connectivity index (χ0n) is 19.5. The third-order valence-electron chi connectivity index (χ3n) is 5.79. The molecule has 4 aromatic rings. The third kappa shape index (κ3) is 5.45. The average molecular weight is 549 g/mol. The fourth-order valence-electron chi connectivity index (χ4n) is 3.67. The number of nitrogens with zero attached hydrogens (tertiary/aromatic N) is 7. The summed E-state index contributed by atoms with van der Waals surface area (Å²) < 4.78 is 42.2. The summed E-state index contributed by atoms with van der Waals surface area (Å²) in [5.74, 6) is -0.276. The molecule has 198 valence electrons. The SMILES string of the molecule is O=C(NC1CC1)c1ccncc1-n1cnc(Cn2nc(-c3ccc(Cl)cc3)n(C[C@H](O)C(F)(F)F)c2=O)n1. The number of aliphatic hydroxyl groups is 1. The third-order valence-corrected chi connectivity index (χ3v) is 6.05. The van der Waals surface area contributed by atoms with Crippen molar-refractivity contribution in [2.24, 2.45) is 0 Å². The number of alkyl halides is 3. The lowest BCUT2D eigenvalue weighted by atomic mass is 10.2. The van der Waals surface area contributed by atoms with E-state index < -0.39 is 24.5 Å². The quantitative estimate of drug-likeness (QED) is 0.345. The molecule has 0 bridgehead atoms. The minimum absolute atomic E-state index is 0.0966. The van der Waals surface area contributed by atoms with Crippen LogP contribution < -0.4 is 11.0 Å². The lowest BCUT2D eigenvalue weighted by Crippen LogP contribution is -2.37. The first kappa shape index (κ1) is 25.6. The Bertz CT molecular complexity index is 1530. The van der Waals surface area contributed by atoms with Crippen LogP contribution in [0.25, 0.3) is 17.1 Å². The fraction of sp³-hybridized carbons (Fsp3) is 0.304. The average Bonchev–Trinajstić information content (AvgIpc) is 3.49. The van der Waals surface area contributed by atoms with Crippen LogP contribution in [0.5, 0.6) is 0 Å². The minimum atomic E-state index is -4.94. The zero-order valence-corrected chi connectivity index (χ0v) is 20.3. The summed E-state index contributed by atoms with van der Waals surface area (Å²) in [5.41, 5.74) is 0.105. The second-order valence-corrected chi connectivity index (χ2v) is 9.12. The molecular formula is C23H20ClF3N8O3. The van der Waals surface area contributed by atoms with E-state index in [4.69, 9.17) is 11.6 Å². The summed E-state index contributed by atoms with van der Waals surface area (Å²) in [4.78, 5) is 33.9. The second kappa shape index (κ2) is 10.0. The Morgan fingerprint density at radius 1 is 1.18 bits per heavy atom. The van der Waals surface area contributed by atoms with Gasteiger partial charge >= 0.3 is 11.9 Å². The first-order valence-electron chi connectivity index (χ1n) is 11.4. The van der Waals surface area contributed by atoms with Crippen molar-refractivity contribution in [2.45, 2.75) is 44.3 Å². The van der Waals surface area contributed by atoms with E-state index in [1.165, 1.54) is 47.7 Å². The number of aromatic nitrogens is 7. The molecule has 3 heterocycles. The lowest BCUT2D eigenvalue weighted by molar-refractivity contribution is -0.207. The number of aliphatic hydroxyl groups excluding tert-OH is 1. The number of benzene rings is 1. The van der Waals surface area contributed by atoms with Crippen LogP contribution in [-0.2, 0) is 13.1 Å². The maximum absolute atomic E-state index is 13.1. The van der Waals surface area contributed by atoms with Gasteiger partial charge in [-0.25, -0.2) is 19.1 Å². The van der Waals surface area contributed by atoms with E-state index in [9.17, 15) is 27.9 Å². The molecule has 3 aromatic heterocycles. The Morgan fingerprint density at radius 2 is 1.92 bits per heavy atom. The van der Waals surface area contributed by atoms with E-state index in [2.05, 4.69) is 25.5 Å². The first-order chi connectivity index (χ1) is 18.1. The van der Waals surface area contributed by atoms with Crippen molar-refractivity contribution in [2.75, 3.05) is 0 Å². The number of halogens is 4. The maximum atomic E-state index is 13.1. The van der Waals surface area contributed by atoms with E-state index in [0.717, 1.165) is 22.1 Å². The molecule has 1 aliphatic carbocycles. The monoisotopic (exact) mass is 548 g/mol. The van der Waals surface area contributed by atoms with Crippen molar-refractivity contribution in [3.05, 3.63) is 75.9 Å². The largest absolute Gasteiger partial charge is 0.416 e. The molecule has 5 rings (SSSR count). The standard InChI is InChI=1S/C23H20ClF3N8O3/c24-14-3-1-13(2-4-14)20-32-34(22(38)33(20)10-18(36)23(25,26)27)11-19-29-12-35(31-19)17-9-28-8-7-16(17)21(37)30-15-5-6-15/h1-4,7-9,12,15,18,36H,5-6,10-11H2,(H,30,37)/t18-/m0/s1. The topological polar surface area (TPSA) is 133 Å². The van der Waals surface area contributed by atoms with Gasteiger partial charge in [0.25, 0.3) is 5.91 Å². The number of carbonyl (C=O) groups is 1. The van der Waals surface area contributed by atoms with E-state index in [0.29, 0.717) is 21.8 Å². The Kier molecular flexibility index (Phi) is 6.75. The van der Waals surface area contributed by atoms with Gasteiger partial charge in [-0.1, -0.05) is 11.6 Å². The van der Waals surface area contributed by atoms with E-state index in [-0.39, 0.29) is 30.1 Å². The van der Waals surface area contributed by atoms with Gasteiger partial charge in [-0.05, 0) is 43.2 Å². The number of nitrogens with one attached hydrogen (secondary N) is 1. The van der Waals surface area contributed by atoms with Crippen LogP contribution in [0.15, 0.2) is 53.8 Å². The lowest BCUT2D eigenvalue weighted by Gasteiger charge is -2.15. The number of rotatable bonds is 8. The van der Waals surface area contributed by atoms with E-state index in [1.54, 1.807) is 6.07 Å². The van der Waals surface area contributed by atoms with Gasteiger partial charge in [-0.3, -0.25) is 14.3 Å². The molecule has 1 amide bonds. The van der Waals surface area contributed by atoms with Crippen LogP contribution >= 0.6 is 11.6 Å². The van der Waals surface area contributed by atoms with Crippen molar-refractivity contribution in [3.63, 3.8) is 0 Å². The zero-order chi connectivity index (χ0) is 27.0. The summed E-state index contributed by atoms with van der Waals surface area (Å²) in [6.45, 7) is -1.34. The predicted molar refractivity (Wildman–Crippen MR) is 128 cm³/mol. The van der Waals surface area contributed by atoms with Crippen molar-refractivity contribution in [1.82, 2.24) is 39.4 Å². The van der Waals surface area contributed by atoms with Crippen LogP contribution in [0.4, 0.5) is 13.2 Å². The Balaban J connectivity index is 1.46. The van der Waals surface area contributed by atoms with Gasteiger partial charge in [-0.2, -0.15) is 13.2 Å². The molecule has 1 aromatic carbocycles. The highest BCUT2D eigenvalue weighted by molar-refractivity contribution is 6.30. The van der Waals surface area contributed by atoms with Gasteiger partial charge in [0.05, 0.1) is 24.0 Å². The molecule has 0 aliphatic heterocycles. The molecule has 1 fully saturated rings. The minimum Gasteiger partial charge on any atom is -0.382 e. The van der Waals surface area contributed by atoms with Gasteiger partial charge in [-0.15, -0.1) is 10.2 Å². The Morgan fingerprint density at radius 3 is 2.61 bits per heavy atom. The van der Waals surface area contributed by atoms with E-state index in [1.807, 2.05) is 0 Å². The Hall–Kier alpha value is -4.04. The molecule has 1 aliphatic rings. The maximum Gasteiger partial charge on any atom is 0.416 e.